The molecule has 10 nitrogen and oxygen atoms in total. The van der Waals surface area contributed by atoms with Gasteiger partial charge in [-0.25, -0.2) is 13.1 Å². The van der Waals surface area contributed by atoms with Crippen LogP contribution in [-0.4, -0.2) is 79.2 Å². The number of morpholine rings is 1. The van der Waals surface area contributed by atoms with E-state index >= 15 is 0 Å². The van der Waals surface area contributed by atoms with Crippen LogP contribution in [0.4, 0.5) is 0 Å². The van der Waals surface area contributed by atoms with Crippen molar-refractivity contribution in [2.45, 2.75) is 30.8 Å². The van der Waals surface area contributed by atoms with E-state index in [4.69, 9.17) is 4.74 Å². The number of hydrogen-bond donors (Lipinski definition) is 1. The van der Waals surface area contributed by atoms with E-state index in [1.165, 1.54) is 46.1 Å². The van der Waals surface area contributed by atoms with Gasteiger partial charge >= 0.3 is 0 Å². The van der Waals surface area contributed by atoms with Gasteiger partial charge in [-0.3, -0.25) is 9.59 Å². The molecule has 0 unspecified atom stereocenters. The van der Waals surface area contributed by atoms with Crippen LogP contribution in [0.5, 0.6) is 0 Å². The summed E-state index contributed by atoms with van der Waals surface area (Å²) in [5.74, 6) is -0.351. The summed E-state index contributed by atoms with van der Waals surface area (Å²) in [4.78, 5) is 28.4. The van der Waals surface area contributed by atoms with Crippen molar-refractivity contribution in [3.8, 4) is 0 Å². The third-order valence-electron chi connectivity index (χ3n) is 6.91. The van der Waals surface area contributed by atoms with Crippen LogP contribution >= 0.6 is 0 Å². The van der Waals surface area contributed by atoms with Gasteiger partial charge in [-0.05, 0) is 56.3 Å². The Balaban J connectivity index is 1.30. The monoisotopic (exact) mass is 525 g/mol. The van der Waals surface area contributed by atoms with Crippen LogP contribution in [0.25, 0.3) is 10.8 Å². The van der Waals surface area contributed by atoms with Crippen molar-refractivity contribution < 1.29 is 17.9 Å². The predicted molar refractivity (Wildman–Crippen MR) is 139 cm³/mol. The molecule has 3 aromatic rings. The lowest BCUT2D eigenvalue weighted by atomic mass is 10.1. The second-order valence-corrected chi connectivity index (χ2v) is 11.2. The van der Waals surface area contributed by atoms with Crippen LogP contribution in [-0.2, 0) is 27.8 Å². The molecule has 196 valence electrons. The summed E-state index contributed by atoms with van der Waals surface area (Å²) in [5.41, 5.74) is 0.811. The fourth-order valence-corrected chi connectivity index (χ4v) is 6.22. The number of rotatable bonds is 8. The number of nitrogens with one attached hydrogen (secondary N) is 1. The van der Waals surface area contributed by atoms with Crippen molar-refractivity contribution >= 4 is 26.7 Å². The molecular weight excluding hydrogens is 494 g/mol. The van der Waals surface area contributed by atoms with Crippen molar-refractivity contribution in [3.63, 3.8) is 0 Å². The SMILES string of the molecule is O=C(NCc1nn(CCN2CCCC2)c(=O)c2ccccc12)c1ccc(S(=O)(=O)N2CCOCC2)cc1. The number of likely N-dealkylation sites (tertiary alicyclic amines) is 1. The first-order valence-electron chi connectivity index (χ1n) is 12.6. The summed E-state index contributed by atoms with van der Waals surface area (Å²) < 4.78 is 33.8. The Morgan fingerprint density at radius 1 is 0.919 bits per heavy atom. The van der Waals surface area contributed by atoms with E-state index in [2.05, 4.69) is 15.3 Å². The minimum Gasteiger partial charge on any atom is -0.379 e. The molecule has 3 heterocycles. The number of hydrogen-bond acceptors (Lipinski definition) is 7. The smallest absolute Gasteiger partial charge is 0.274 e. The lowest BCUT2D eigenvalue weighted by Gasteiger charge is -2.26. The van der Waals surface area contributed by atoms with E-state index in [0.717, 1.165) is 19.6 Å². The summed E-state index contributed by atoms with van der Waals surface area (Å²) in [6.45, 7) is 4.83. The van der Waals surface area contributed by atoms with Crippen molar-refractivity contribution in [3.05, 3.63) is 70.1 Å². The van der Waals surface area contributed by atoms with Crippen LogP contribution in [0.15, 0.2) is 58.2 Å². The van der Waals surface area contributed by atoms with Gasteiger partial charge in [0.2, 0.25) is 10.0 Å². The Bertz CT molecular complexity index is 1430. The van der Waals surface area contributed by atoms with Gasteiger partial charge in [0.25, 0.3) is 11.5 Å². The first kappa shape index (κ1) is 25.5. The first-order valence-corrected chi connectivity index (χ1v) is 14.0. The van der Waals surface area contributed by atoms with Crippen LogP contribution in [0.2, 0.25) is 0 Å². The Hall–Kier alpha value is -3.12. The van der Waals surface area contributed by atoms with E-state index in [0.29, 0.717) is 54.9 Å². The first-order chi connectivity index (χ1) is 17.9. The lowest BCUT2D eigenvalue weighted by Crippen LogP contribution is -2.40. The number of aromatic nitrogens is 2. The molecule has 2 aliphatic heterocycles. The number of carbonyl (C=O) groups is 1. The maximum Gasteiger partial charge on any atom is 0.274 e. The number of nitrogens with zero attached hydrogens (tertiary/aromatic N) is 4. The van der Waals surface area contributed by atoms with Gasteiger partial charge in [-0.15, -0.1) is 0 Å². The van der Waals surface area contributed by atoms with E-state index < -0.39 is 10.0 Å². The number of amides is 1. The maximum atomic E-state index is 13.0. The minimum atomic E-state index is -3.63. The lowest BCUT2D eigenvalue weighted by molar-refractivity contribution is 0.0730. The quantitative estimate of drug-likeness (QED) is 0.473. The van der Waals surface area contributed by atoms with Gasteiger partial charge in [0.05, 0.1) is 42.3 Å². The summed E-state index contributed by atoms with van der Waals surface area (Å²) in [6.07, 6.45) is 2.36. The van der Waals surface area contributed by atoms with Crippen LogP contribution in [0, 0.1) is 0 Å². The zero-order chi connectivity index (χ0) is 25.8. The van der Waals surface area contributed by atoms with E-state index in [-0.39, 0.29) is 22.9 Å². The van der Waals surface area contributed by atoms with Crippen LogP contribution < -0.4 is 10.9 Å². The normalized spacial score (nSPS) is 17.3. The molecule has 0 spiro atoms. The van der Waals surface area contributed by atoms with E-state index in [9.17, 15) is 18.0 Å². The topological polar surface area (TPSA) is 114 Å². The highest BCUT2D eigenvalue weighted by molar-refractivity contribution is 7.89. The summed E-state index contributed by atoms with van der Waals surface area (Å²) in [5, 5.41) is 8.74. The Morgan fingerprint density at radius 3 is 2.30 bits per heavy atom. The number of fused-ring (bicyclic) bond motifs is 1. The molecule has 0 aliphatic carbocycles. The van der Waals surface area contributed by atoms with Crippen LogP contribution in [0.3, 0.4) is 0 Å². The van der Waals surface area contributed by atoms with E-state index in [1.54, 1.807) is 6.07 Å². The van der Waals surface area contributed by atoms with Gasteiger partial charge in [-0.1, -0.05) is 18.2 Å². The molecule has 37 heavy (non-hydrogen) atoms. The minimum absolute atomic E-state index is 0.136. The zero-order valence-corrected chi connectivity index (χ0v) is 21.5. The molecule has 11 heteroatoms. The van der Waals surface area contributed by atoms with Gasteiger partial charge in [0.1, 0.15) is 0 Å². The molecule has 0 radical (unpaired) electrons. The number of ether oxygens (including phenoxy) is 1. The number of carbonyl (C=O) groups excluding carboxylic acids is 1. The molecule has 0 saturated carbocycles. The fraction of sp³-hybridized carbons (Fsp3) is 0.423. The largest absolute Gasteiger partial charge is 0.379 e. The third kappa shape index (κ3) is 5.59. The van der Waals surface area contributed by atoms with Gasteiger partial charge in [0, 0.05) is 30.6 Å². The molecule has 1 N–H and O–H groups in total. The van der Waals surface area contributed by atoms with E-state index in [1.807, 2.05) is 18.2 Å². The highest BCUT2D eigenvalue weighted by atomic mass is 32.2. The molecule has 1 aromatic heterocycles. The standard InChI is InChI=1S/C26H31N5O5S/c32-25(20-7-9-21(10-8-20)37(34,35)30-15-17-36-18-16-30)27-19-24-22-5-1-2-6-23(22)26(33)31(28-24)14-13-29-11-3-4-12-29/h1-2,5-10H,3-4,11-19H2,(H,27,32). The summed E-state index contributed by atoms with van der Waals surface area (Å²) >= 11 is 0. The highest BCUT2D eigenvalue weighted by Gasteiger charge is 2.26. The molecule has 2 fully saturated rings. The molecular formula is C26H31N5O5S. The average molecular weight is 526 g/mol. The molecule has 2 aromatic carbocycles. The number of sulfonamides is 1. The summed E-state index contributed by atoms with van der Waals surface area (Å²) in [6, 6.07) is 13.2. The Morgan fingerprint density at radius 2 is 1.59 bits per heavy atom. The third-order valence-corrected chi connectivity index (χ3v) is 8.82. The maximum absolute atomic E-state index is 13.0. The molecule has 0 bridgehead atoms. The van der Waals surface area contributed by atoms with Crippen LogP contribution in [0.1, 0.15) is 28.9 Å². The molecule has 2 saturated heterocycles. The Labute approximate surface area is 215 Å². The molecule has 2 aliphatic rings. The predicted octanol–water partition coefficient (Wildman–Crippen LogP) is 1.44. The fourth-order valence-electron chi connectivity index (χ4n) is 4.81. The summed E-state index contributed by atoms with van der Waals surface area (Å²) in [7, 11) is -3.63. The highest BCUT2D eigenvalue weighted by Crippen LogP contribution is 2.18. The molecule has 5 rings (SSSR count). The second-order valence-electron chi connectivity index (χ2n) is 9.29. The van der Waals surface area contributed by atoms with Crippen molar-refractivity contribution in [2.24, 2.45) is 0 Å². The van der Waals surface area contributed by atoms with Crippen molar-refractivity contribution in [2.75, 3.05) is 45.9 Å². The number of benzene rings is 2. The van der Waals surface area contributed by atoms with Gasteiger partial charge in [-0.2, -0.15) is 9.40 Å². The second kappa shape index (κ2) is 11.1. The average Bonchev–Trinajstić information content (AvgIpc) is 3.46. The zero-order valence-electron chi connectivity index (χ0n) is 20.6. The Kier molecular flexibility index (Phi) is 7.65. The molecule has 1 amide bonds. The van der Waals surface area contributed by atoms with Crippen molar-refractivity contribution in [1.29, 1.82) is 0 Å². The van der Waals surface area contributed by atoms with Gasteiger partial charge in [0.15, 0.2) is 0 Å². The van der Waals surface area contributed by atoms with Crippen molar-refractivity contribution in [1.82, 2.24) is 24.3 Å². The molecule has 0 atom stereocenters. The van der Waals surface area contributed by atoms with Gasteiger partial charge < -0.3 is 15.0 Å².